The van der Waals surface area contributed by atoms with E-state index in [2.05, 4.69) is 0 Å². The second-order valence-electron chi connectivity index (χ2n) is 4.72. The highest BCUT2D eigenvalue weighted by atomic mass is 16.6. The maximum Gasteiger partial charge on any atom is 0.306 e. The molecular formula is C13H16N2O5. The second kappa shape index (κ2) is 5.87. The summed E-state index contributed by atoms with van der Waals surface area (Å²) < 4.78 is 5.40. The molecule has 0 bridgehead atoms. The molecule has 0 aromatic heterocycles. The largest absolute Gasteiger partial charge is 0.481 e. The Morgan fingerprint density at radius 2 is 2.35 bits per heavy atom. The van der Waals surface area contributed by atoms with Crippen LogP contribution in [0.25, 0.3) is 0 Å². The third-order valence-electron chi connectivity index (χ3n) is 3.36. The standard InChI is InChI=1S/C13H16N2O5/c1-9-11(3-2-4-12(9)15(18)19)14-5-6-20-10(8-14)7-13(16)17/h2-4,10H,5-8H2,1H3,(H,16,17). The summed E-state index contributed by atoms with van der Waals surface area (Å²) in [7, 11) is 0. The Morgan fingerprint density at radius 1 is 1.60 bits per heavy atom. The number of rotatable bonds is 4. The van der Waals surface area contributed by atoms with Gasteiger partial charge in [-0.1, -0.05) is 6.07 Å². The van der Waals surface area contributed by atoms with Crippen molar-refractivity contribution in [3.63, 3.8) is 0 Å². The number of benzene rings is 1. The minimum absolute atomic E-state index is 0.0650. The molecule has 1 aromatic carbocycles. The van der Waals surface area contributed by atoms with Gasteiger partial charge in [-0.3, -0.25) is 14.9 Å². The quantitative estimate of drug-likeness (QED) is 0.665. The number of nitrogens with zero attached hydrogens (tertiary/aromatic N) is 2. The van der Waals surface area contributed by atoms with E-state index in [4.69, 9.17) is 9.84 Å². The number of hydrogen-bond donors (Lipinski definition) is 1. The summed E-state index contributed by atoms with van der Waals surface area (Å²) in [4.78, 5) is 23.2. The fraction of sp³-hybridized carbons (Fsp3) is 0.462. The van der Waals surface area contributed by atoms with Crippen LogP contribution in [-0.2, 0) is 9.53 Å². The van der Waals surface area contributed by atoms with Crippen LogP contribution in [0.2, 0.25) is 0 Å². The molecule has 108 valence electrons. The van der Waals surface area contributed by atoms with Gasteiger partial charge in [0.15, 0.2) is 0 Å². The first kappa shape index (κ1) is 14.3. The molecule has 0 spiro atoms. The minimum Gasteiger partial charge on any atom is -0.481 e. The number of aliphatic carboxylic acids is 1. The minimum atomic E-state index is -0.910. The summed E-state index contributed by atoms with van der Waals surface area (Å²) >= 11 is 0. The van der Waals surface area contributed by atoms with Crippen molar-refractivity contribution in [2.75, 3.05) is 24.6 Å². The molecule has 0 amide bonds. The SMILES string of the molecule is Cc1c(N2CCOC(CC(=O)O)C2)cccc1[N+](=O)[O-]. The van der Waals surface area contributed by atoms with Gasteiger partial charge < -0.3 is 14.7 Å². The molecule has 1 aliphatic rings. The molecule has 7 nitrogen and oxygen atoms in total. The van der Waals surface area contributed by atoms with Gasteiger partial charge in [-0.2, -0.15) is 0 Å². The summed E-state index contributed by atoms with van der Waals surface area (Å²) in [5, 5.41) is 19.8. The van der Waals surface area contributed by atoms with Crippen LogP contribution in [0.1, 0.15) is 12.0 Å². The van der Waals surface area contributed by atoms with Crippen molar-refractivity contribution in [3.8, 4) is 0 Å². The molecule has 1 N–H and O–H groups in total. The Balaban J connectivity index is 2.21. The van der Waals surface area contributed by atoms with Crippen molar-refractivity contribution in [1.82, 2.24) is 0 Å². The fourth-order valence-electron chi connectivity index (χ4n) is 2.41. The topological polar surface area (TPSA) is 92.9 Å². The van der Waals surface area contributed by atoms with Crippen molar-refractivity contribution in [2.45, 2.75) is 19.4 Å². The van der Waals surface area contributed by atoms with Crippen molar-refractivity contribution in [1.29, 1.82) is 0 Å². The number of nitro benzene ring substituents is 1. The number of carbonyl (C=O) groups is 1. The Bertz CT molecular complexity index is 531. The summed E-state index contributed by atoms with van der Waals surface area (Å²) in [5.74, 6) is -0.910. The summed E-state index contributed by atoms with van der Waals surface area (Å²) in [6.45, 7) is 3.14. The van der Waals surface area contributed by atoms with Gasteiger partial charge in [0, 0.05) is 24.8 Å². The molecule has 7 heteroatoms. The first-order valence-corrected chi connectivity index (χ1v) is 6.31. The number of morpholine rings is 1. The molecule has 2 rings (SSSR count). The Morgan fingerprint density at radius 3 is 3.00 bits per heavy atom. The van der Waals surface area contributed by atoms with Crippen LogP contribution < -0.4 is 4.90 Å². The second-order valence-corrected chi connectivity index (χ2v) is 4.72. The van der Waals surface area contributed by atoms with Gasteiger partial charge in [0.05, 0.1) is 29.6 Å². The molecule has 20 heavy (non-hydrogen) atoms. The molecule has 1 unspecified atom stereocenters. The predicted octanol–water partition coefficient (Wildman–Crippen LogP) is 1.58. The van der Waals surface area contributed by atoms with Crippen molar-refractivity contribution in [2.24, 2.45) is 0 Å². The zero-order chi connectivity index (χ0) is 14.7. The normalized spacial score (nSPS) is 18.9. The van der Waals surface area contributed by atoms with Crippen LogP contribution in [0.4, 0.5) is 11.4 Å². The predicted molar refractivity (Wildman–Crippen MR) is 72.0 cm³/mol. The molecule has 1 fully saturated rings. The van der Waals surface area contributed by atoms with E-state index in [9.17, 15) is 14.9 Å². The Labute approximate surface area is 115 Å². The molecule has 1 atom stereocenters. The lowest BCUT2D eigenvalue weighted by molar-refractivity contribution is -0.385. The molecule has 0 saturated carbocycles. The van der Waals surface area contributed by atoms with E-state index in [0.717, 1.165) is 5.69 Å². The molecule has 1 aliphatic heterocycles. The summed E-state index contributed by atoms with van der Waals surface area (Å²) in [5.41, 5.74) is 1.43. The number of carboxylic acids is 1. The molecule has 1 saturated heterocycles. The van der Waals surface area contributed by atoms with E-state index in [1.165, 1.54) is 6.07 Å². The number of ether oxygens (including phenoxy) is 1. The van der Waals surface area contributed by atoms with E-state index in [1.54, 1.807) is 13.0 Å². The monoisotopic (exact) mass is 280 g/mol. The first-order chi connectivity index (χ1) is 9.49. The van der Waals surface area contributed by atoms with Gasteiger partial charge in [-0.25, -0.2) is 0 Å². The van der Waals surface area contributed by atoms with Crippen LogP contribution in [0.5, 0.6) is 0 Å². The maximum absolute atomic E-state index is 11.0. The molecular weight excluding hydrogens is 264 g/mol. The van der Waals surface area contributed by atoms with Crippen molar-refractivity contribution < 1.29 is 19.6 Å². The van der Waals surface area contributed by atoms with Gasteiger partial charge >= 0.3 is 5.97 Å². The third kappa shape index (κ3) is 3.05. The zero-order valence-electron chi connectivity index (χ0n) is 11.1. The van der Waals surface area contributed by atoms with Gasteiger partial charge in [0.1, 0.15) is 0 Å². The average Bonchev–Trinajstić information content (AvgIpc) is 2.38. The van der Waals surface area contributed by atoms with Crippen LogP contribution in [0, 0.1) is 17.0 Å². The lowest BCUT2D eigenvalue weighted by Crippen LogP contribution is -2.43. The molecule has 1 aromatic rings. The first-order valence-electron chi connectivity index (χ1n) is 6.31. The van der Waals surface area contributed by atoms with Crippen LogP contribution in [-0.4, -0.2) is 41.8 Å². The highest BCUT2D eigenvalue weighted by Crippen LogP contribution is 2.29. The van der Waals surface area contributed by atoms with Crippen LogP contribution >= 0.6 is 0 Å². The van der Waals surface area contributed by atoms with Crippen LogP contribution in [0.3, 0.4) is 0 Å². The van der Waals surface area contributed by atoms with E-state index >= 15 is 0 Å². The number of hydrogen-bond acceptors (Lipinski definition) is 5. The zero-order valence-corrected chi connectivity index (χ0v) is 11.1. The van der Waals surface area contributed by atoms with E-state index in [0.29, 0.717) is 25.3 Å². The summed E-state index contributed by atoms with van der Waals surface area (Å²) in [6, 6.07) is 4.92. The number of carboxylic acid groups (broad SMARTS) is 1. The highest BCUT2D eigenvalue weighted by Gasteiger charge is 2.25. The number of nitro groups is 1. The van der Waals surface area contributed by atoms with E-state index in [1.807, 2.05) is 11.0 Å². The Hall–Kier alpha value is -2.15. The summed E-state index contributed by atoms with van der Waals surface area (Å²) in [6.07, 6.45) is -0.454. The highest BCUT2D eigenvalue weighted by molar-refractivity contribution is 5.68. The fourth-order valence-corrected chi connectivity index (χ4v) is 2.41. The Kier molecular flexibility index (Phi) is 4.19. The van der Waals surface area contributed by atoms with Crippen molar-refractivity contribution in [3.05, 3.63) is 33.9 Å². The third-order valence-corrected chi connectivity index (χ3v) is 3.36. The molecule has 0 radical (unpaired) electrons. The lowest BCUT2D eigenvalue weighted by atomic mass is 10.1. The lowest BCUT2D eigenvalue weighted by Gasteiger charge is -2.34. The van der Waals surface area contributed by atoms with E-state index in [-0.39, 0.29) is 18.2 Å². The average molecular weight is 280 g/mol. The van der Waals surface area contributed by atoms with Crippen LogP contribution in [0.15, 0.2) is 18.2 Å². The molecule has 0 aliphatic carbocycles. The molecule has 1 heterocycles. The maximum atomic E-state index is 11.0. The van der Waals surface area contributed by atoms with E-state index < -0.39 is 10.9 Å². The van der Waals surface area contributed by atoms with Gasteiger partial charge in [0.25, 0.3) is 5.69 Å². The van der Waals surface area contributed by atoms with Gasteiger partial charge in [0.2, 0.25) is 0 Å². The van der Waals surface area contributed by atoms with Crippen molar-refractivity contribution >= 4 is 17.3 Å². The number of anilines is 1. The van der Waals surface area contributed by atoms with Gasteiger partial charge in [-0.15, -0.1) is 0 Å². The van der Waals surface area contributed by atoms with Gasteiger partial charge in [-0.05, 0) is 13.0 Å². The smallest absolute Gasteiger partial charge is 0.306 e.